The number of benzene rings is 1. The van der Waals surface area contributed by atoms with Gasteiger partial charge in [-0.25, -0.2) is 4.79 Å². The number of ether oxygens (including phenoxy) is 3. The molecule has 0 unspecified atom stereocenters. The molecule has 0 aliphatic rings. The number of amides is 1. The zero-order valence-electron chi connectivity index (χ0n) is 16.9. The van der Waals surface area contributed by atoms with Crippen LogP contribution in [-0.2, 0) is 9.53 Å². The Morgan fingerprint density at radius 2 is 1.97 bits per heavy atom. The van der Waals surface area contributed by atoms with Crippen LogP contribution in [0.5, 0.6) is 11.5 Å². The second-order valence-corrected chi connectivity index (χ2v) is 7.16. The highest BCUT2D eigenvalue weighted by atomic mass is 32.1. The van der Waals surface area contributed by atoms with E-state index in [1.807, 2.05) is 13.0 Å². The molecule has 0 aliphatic carbocycles. The number of anilines is 1. The Kier molecular flexibility index (Phi) is 7.39. The molecule has 0 saturated carbocycles. The first-order valence-electron chi connectivity index (χ1n) is 8.78. The van der Waals surface area contributed by atoms with Gasteiger partial charge in [-0.05, 0) is 50.6 Å². The highest BCUT2D eigenvalue weighted by Crippen LogP contribution is 2.33. The van der Waals surface area contributed by atoms with Crippen molar-refractivity contribution in [2.45, 2.75) is 20.8 Å². The number of hydrogen-bond acceptors (Lipinski definition) is 7. The van der Waals surface area contributed by atoms with Gasteiger partial charge in [-0.15, -0.1) is 11.3 Å². The van der Waals surface area contributed by atoms with Crippen LogP contribution in [0.3, 0.4) is 0 Å². The third-order valence-corrected chi connectivity index (χ3v) is 5.32. The summed E-state index contributed by atoms with van der Waals surface area (Å²) in [5.74, 6) is -0.101. The van der Waals surface area contributed by atoms with Crippen LogP contribution < -0.4 is 14.8 Å². The molecule has 1 aromatic heterocycles. The fourth-order valence-corrected chi connectivity index (χ4v) is 3.63. The van der Waals surface area contributed by atoms with Crippen molar-refractivity contribution < 1.29 is 23.8 Å². The second-order valence-electron chi connectivity index (χ2n) is 5.94. The predicted octanol–water partition coefficient (Wildman–Crippen LogP) is 4.10. The van der Waals surface area contributed by atoms with E-state index in [0.29, 0.717) is 27.6 Å². The Bertz CT molecular complexity index is 1000. The molecule has 1 N–H and O–H groups in total. The molecule has 0 spiro atoms. The fourth-order valence-electron chi connectivity index (χ4n) is 2.59. The maximum atomic E-state index is 12.7. The third kappa shape index (κ3) is 4.95. The van der Waals surface area contributed by atoms with E-state index in [2.05, 4.69) is 5.32 Å². The SMILES string of the molecule is CCOC(=O)c1c(NC(=O)/C(C#N)=C/c2cc(OC)ccc2OC)sc(C)c1C. The lowest BCUT2D eigenvalue weighted by Crippen LogP contribution is -2.16. The Morgan fingerprint density at radius 1 is 1.24 bits per heavy atom. The van der Waals surface area contributed by atoms with Crippen molar-refractivity contribution in [2.24, 2.45) is 0 Å². The maximum Gasteiger partial charge on any atom is 0.341 e. The summed E-state index contributed by atoms with van der Waals surface area (Å²) in [5, 5.41) is 12.5. The van der Waals surface area contributed by atoms with Crippen LogP contribution in [0.15, 0.2) is 23.8 Å². The Hall–Kier alpha value is -3.31. The van der Waals surface area contributed by atoms with E-state index in [4.69, 9.17) is 14.2 Å². The normalized spacial score (nSPS) is 10.8. The van der Waals surface area contributed by atoms with E-state index in [0.717, 1.165) is 10.4 Å². The highest BCUT2D eigenvalue weighted by molar-refractivity contribution is 7.16. The van der Waals surface area contributed by atoms with Crippen LogP contribution in [0.1, 0.15) is 33.3 Å². The fraction of sp³-hybridized carbons (Fsp3) is 0.286. The lowest BCUT2D eigenvalue weighted by molar-refractivity contribution is -0.112. The minimum Gasteiger partial charge on any atom is -0.497 e. The van der Waals surface area contributed by atoms with E-state index in [9.17, 15) is 14.9 Å². The molecule has 1 heterocycles. The molecule has 2 aromatic rings. The molecule has 0 bridgehead atoms. The number of thiophene rings is 1. The summed E-state index contributed by atoms with van der Waals surface area (Å²) in [6.07, 6.45) is 1.41. The van der Waals surface area contributed by atoms with Crippen LogP contribution in [0.25, 0.3) is 6.08 Å². The van der Waals surface area contributed by atoms with Gasteiger partial charge >= 0.3 is 5.97 Å². The molecule has 152 valence electrons. The molecular formula is C21H22N2O5S. The summed E-state index contributed by atoms with van der Waals surface area (Å²) in [5.41, 5.74) is 1.41. The summed E-state index contributed by atoms with van der Waals surface area (Å²) in [6, 6.07) is 6.95. The Morgan fingerprint density at radius 3 is 2.55 bits per heavy atom. The largest absolute Gasteiger partial charge is 0.497 e. The van der Waals surface area contributed by atoms with Gasteiger partial charge in [-0.2, -0.15) is 5.26 Å². The Labute approximate surface area is 173 Å². The van der Waals surface area contributed by atoms with Gasteiger partial charge < -0.3 is 19.5 Å². The quantitative estimate of drug-likeness (QED) is 0.416. The zero-order valence-corrected chi connectivity index (χ0v) is 17.7. The number of hydrogen-bond donors (Lipinski definition) is 1. The standard InChI is InChI=1S/C21H22N2O5S/c1-6-28-21(25)18-12(2)13(3)29-20(18)23-19(24)15(11-22)9-14-10-16(26-4)7-8-17(14)27-5/h7-10H,6H2,1-5H3,(H,23,24)/b15-9+. The molecule has 0 radical (unpaired) electrons. The number of rotatable bonds is 7. The van der Waals surface area contributed by atoms with Crippen molar-refractivity contribution in [3.63, 3.8) is 0 Å². The lowest BCUT2D eigenvalue weighted by atomic mass is 10.1. The number of methoxy groups -OCH3 is 2. The number of esters is 1. The van der Waals surface area contributed by atoms with E-state index in [1.54, 1.807) is 32.0 Å². The van der Waals surface area contributed by atoms with Gasteiger partial charge in [0.2, 0.25) is 0 Å². The zero-order chi connectivity index (χ0) is 21.6. The van der Waals surface area contributed by atoms with Crippen molar-refractivity contribution >= 4 is 34.3 Å². The number of nitrogens with zero attached hydrogens (tertiary/aromatic N) is 1. The second kappa shape index (κ2) is 9.75. The molecule has 29 heavy (non-hydrogen) atoms. The average molecular weight is 414 g/mol. The maximum absolute atomic E-state index is 12.7. The summed E-state index contributed by atoms with van der Waals surface area (Å²) >= 11 is 1.26. The van der Waals surface area contributed by atoms with Crippen LogP contribution in [-0.4, -0.2) is 32.7 Å². The number of aryl methyl sites for hydroxylation is 1. The number of carbonyl (C=O) groups is 2. The van der Waals surface area contributed by atoms with Gasteiger partial charge in [0.15, 0.2) is 0 Å². The lowest BCUT2D eigenvalue weighted by Gasteiger charge is -2.09. The van der Waals surface area contributed by atoms with Crippen LogP contribution >= 0.6 is 11.3 Å². The summed E-state index contributed by atoms with van der Waals surface area (Å²) in [6.45, 7) is 5.57. The van der Waals surface area contributed by atoms with Crippen molar-refractivity contribution in [3.8, 4) is 17.6 Å². The molecule has 0 saturated heterocycles. The molecule has 0 aliphatic heterocycles. The van der Waals surface area contributed by atoms with Gasteiger partial charge in [0, 0.05) is 10.4 Å². The molecule has 1 amide bonds. The van der Waals surface area contributed by atoms with Crippen molar-refractivity contribution in [1.82, 2.24) is 0 Å². The predicted molar refractivity (Wildman–Crippen MR) is 112 cm³/mol. The van der Waals surface area contributed by atoms with E-state index < -0.39 is 11.9 Å². The molecule has 1 aromatic carbocycles. The topological polar surface area (TPSA) is 97.7 Å². The highest BCUT2D eigenvalue weighted by Gasteiger charge is 2.23. The summed E-state index contributed by atoms with van der Waals surface area (Å²) in [7, 11) is 3.01. The third-order valence-electron chi connectivity index (χ3n) is 4.19. The van der Waals surface area contributed by atoms with E-state index in [1.165, 1.54) is 31.6 Å². The van der Waals surface area contributed by atoms with E-state index >= 15 is 0 Å². The number of carbonyl (C=O) groups excluding carboxylic acids is 2. The van der Waals surface area contributed by atoms with Crippen LogP contribution in [0.4, 0.5) is 5.00 Å². The minimum absolute atomic E-state index is 0.143. The van der Waals surface area contributed by atoms with E-state index in [-0.39, 0.29) is 12.2 Å². The van der Waals surface area contributed by atoms with Gasteiger partial charge in [0.1, 0.15) is 28.1 Å². The van der Waals surface area contributed by atoms with Crippen LogP contribution in [0, 0.1) is 25.2 Å². The molecule has 0 atom stereocenters. The minimum atomic E-state index is -0.635. The molecule has 0 fully saturated rings. The smallest absolute Gasteiger partial charge is 0.341 e. The monoisotopic (exact) mass is 414 g/mol. The summed E-state index contributed by atoms with van der Waals surface area (Å²) < 4.78 is 15.6. The number of nitriles is 1. The Balaban J connectivity index is 2.40. The van der Waals surface area contributed by atoms with Gasteiger partial charge in [0.05, 0.1) is 26.4 Å². The molecule has 2 rings (SSSR count). The molecule has 8 heteroatoms. The molecular weight excluding hydrogens is 392 g/mol. The summed E-state index contributed by atoms with van der Waals surface area (Å²) in [4.78, 5) is 25.9. The first-order valence-corrected chi connectivity index (χ1v) is 9.60. The molecule has 7 nitrogen and oxygen atoms in total. The first kappa shape index (κ1) is 22.0. The number of nitrogens with one attached hydrogen (secondary N) is 1. The average Bonchev–Trinajstić information content (AvgIpc) is 2.99. The first-order chi connectivity index (χ1) is 13.9. The van der Waals surface area contributed by atoms with Gasteiger partial charge in [0.25, 0.3) is 5.91 Å². The van der Waals surface area contributed by atoms with Crippen molar-refractivity contribution in [1.29, 1.82) is 5.26 Å². The van der Waals surface area contributed by atoms with Gasteiger partial charge in [-0.1, -0.05) is 0 Å². The van der Waals surface area contributed by atoms with Gasteiger partial charge in [-0.3, -0.25) is 4.79 Å². The van der Waals surface area contributed by atoms with Crippen molar-refractivity contribution in [3.05, 3.63) is 45.3 Å². The van der Waals surface area contributed by atoms with Crippen LogP contribution in [0.2, 0.25) is 0 Å². The van der Waals surface area contributed by atoms with Crippen molar-refractivity contribution in [2.75, 3.05) is 26.1 Å².